The largest absolute Gasteiger partial charge is 0.478 e. The molecular formula is C24H18ClFN2O4. The summed E-state index contributed by atoms with van der Waals surface area (Å²) in [6.07, 6.45) is 0.173. The van der Waals surface area contributed by atoms with E-state index in [4.69, 9.17) is 16.7 Å². The lowest BCUT2D eigenvalue weighted by molar-refractivity contribution is -0.120. The Morgan fingerprint density at radius 1 is 1.00 bits per heavy atom. The van der Waals surface area contributed by atoms with Gasteiger partial charge >= 0.3 is 5.97 Å². The summed E-state index contributed by atoms with van der Waals surface area (Å²) in [5, 5.41) is 12.3. The fourth-order valence-electron chi connectivity index (χ4n) is 3.64. The minimum absolute atomic E-state index is 0.0834. The van der Waals surface area contributed by atoms with E-state index in [9.17, 15) is 18.8 Å². The zero-order chi connectivity index (χ0) is 22.8. The molecule has 8 heteroatoms. The van der Waals surface area contributed by atoms with Gasteiger partial charge in [0.05, 0.1) is 16.8 Å². The first kappa shape index (κ1) is 21.5. The maximum Gasteiger partial charge on any atom is 0.335 e. The predicted octanol–water partition coefficient (Wildman–Crippen LogP) is 4.38. The molecule has 32 heavy (non-hydrogen) atoms. The number of benzene rings is 3. The minimum atomic E-state index is -1.05. The van der Waals surface area contributed by atoms with Crippen LogP contribution in [-0.4, -0.2) is 33.8 Å². The molecular weight excluding hydrogens is 435 g/mol. The molecule has 0 saturated heterocycles. The molecule has 2 N–H and O–H groups in total. The summed E-state index contributed by atoms with van der Waals surface area (Å²) in [5.74, 6) is -2.22. The number of hydrogen-bond donors (Lipinski definition) is 2. The number of halogens is 2. The molecule has 1 atom stereocenters. The third kappa shape index (κ3) is 4.48. The van der Waals surface area contributed by atoms with Crippen LogP contribution in [0.5, 0.6) is 0 Å². The van der Waals surface area contributed by atoms with Crippen molar-refractivity contribution in [2.75, 3.05) is 5.32 Å². The summed E-state index contributed by atoms with van der Waals surface area (Å²) < 4.78 is 13.3. The van der Waals surface area contributed by atoms with Crippen LogP contribution in [0.15, 0.2) is 66.7 Å². The number of rotatable bonds is 5. The van der Waals surface area contributed by atoms with E-state index in [-0.39, 0.29) is 24.4 Å². The summed E-state index contributed by atoms with van der Waals surface area (Å²) in [5.41, 5.74) is 2.09. The van der Waals surface area contributed by atoms with Gasteiger partial charge in [-0.2, -0.15) is 0 Å². The van der Waals surface area contributed by atoms with Crippen molar-refractivity contribution in [3.63, 3.8) is 0 Å². The standard InChI is InChI=1S/C24H18ClFN2O4/c25-17-7-10-19-20(12-17)27-22(29)21(11-14-3-8-18(26)9-4-14)28(23(19)30)13-15-1-5-16(6-2-15)24(31)32/h1-10,12,21H,11,13H2,(H,27,29)(H,31,32)/t21-/m1/s1. The quantitative estimate of drug-likeness (QED) is 0.601. The molecule has 0 unspecified atom stereocenters. The van der Waals surface area contributed by atoms with E-state index in [1.165, 1.54) is 35.2 Å². The molecule has 4 rings (SSSR count). The van der Waals surface area contributed by atoms with Crippen molar-refractivity contribution >= 4 is 35.1 Å². The second-order valence-electron chi connectivity index (χ2n) is 7.46. The molecule has 0 bridgehead atoms. The number of amides is 2. The maximum atomic E-state index is 13.5. The average Bonchev–Trinajstić information content (AvgIpc) is 2.85. The van der Waals surface area contributed by atoms with Crippen LogP contribution in [0.3, 0.4) is 0 Å². The zero-order valence-electron chi connectivity index (χ0n) is 16.7. The first-order valence-corrected chi connectivity index (χ1v) is 10.2. The van der Waals surface area contributed by atoms with Gasteiger partial charge < -0.3 is 15.3 Å². The van der Waals surface area contributed by atoms with Gasteiger partial charge in [0, 0.05) is 18.0 Å². The fourth-order valence-corrected chi connectivity index (χ4v) is 3.81. The van der Waals surface area contributed by atoms with Crippen LogP contribution in [-0.2, 0) is 17.8 Å². The maximum absolute atomic E-state index is 13.5. The predicted molar refractivity (Wildman–Crippen MR) is 117 cm³/mol. The van der Waals surface area contributed by atoms with Gasteiger partial charge in [0.2, 0.25) is 5.91 Å². The Labute approximate surface area is 188 Å². The van der Waals surface area contributed by atoms with Crippen molar-refractivity contribution in [2.24, 2.45) is 0 Å². The lowest BCUT2D eigenvalue weighted by Crippen LogP contribution is -2.46. The Hall–Kier alpha value is -3.71. The lowest BCUT2D eigenvalue weighted by atomic mass is 10.0. The Balaban J connectivity index is 1.72. The van der Waals surface area contributed by atoms with Crippen molar-refractivity contribution in [1.29, 1.82) is 0 Å². The van der Waals surface area contributed by atoms with Gasteiger partial charge in [-0.15, -0.1) is 0 Å². The molecule has 0 saturated carbocycles. The molecule has 162 valence electrons. The highest BCUT2D eigenvalue weighted by atomic mass is 35.5. The van der Waals surface area contributed by atoms with E-state index in [2.05, 4.69) is 5.32 Å². The van der Waals surface area contributed by atoms with Crippen LogP contribution >= 0.6 is 11.6 Å². The van der Waals surface area contributed by atoms with Crippen LogP contribution in [0.1, 0.15) is 31.8 Å². The van der Waals surface area contributed by atoms with Crippen LogP contribution in [0.4, 0.5) is 10.1 Å². The smallest absolute Gasteiger partial charge is 0.335 e. The number of carboxylic acids is 1. The Morgan fingerprint density at radius 2 is 1.66 bits per heavy atom. The fraction of sp³-hybridized carbons (Fsp3) is 0.125. The topological polar surface area (TPSA) is 86.7 Å². The van der Waals surface area contributed by atoms with Crippen LogP contribution in [0.2, 0.25) is 5.02 Å². The number of hydrogen-bond acceptors (Lipinski definition) is 3. The number of carbonyl (C=O) groups is 3. The van der Waals surface area contributed by atoms with Gasteiger partial charge in [0.15, 0.2) is 0 Å². The lowest BCUT2D eigenvalue weighted by Gasteiger charge is -2.29. The molecule has 3 aromatic carbocycles. The molecule has 0 aromatic heterocycles. The van der Waals surface area contributed by atoms with Crippen molar-refractivity contribution in [3.05, 3.63) is 99.8 Å². The van der Waals surface area contributed by atoms with E-state index >= 15 is 0 Å². The van der Waals surface area contributed by atoms with Crippen LogP contribution in [0, 0.1) is 5.82 Å². The SMILES string of the molecule is O=C(O)c1ccc(CN2C(=O)c3ccc(Cl)cc3NC(=O)[C@H]2Cc2ccc(F)cc2)cc1. The summed E-state index contributed by atoms with van der Waals surface area (Å²) in [7, 11) is 0. The van der Waals surface area contributed by atoms with E-state index < -0.39 is 23.7 Å². The number of carbonyl (C=O) groups excluding carboxylic acids is 2. The molecule has 0 radical (unpaired) electrons. The normalized spacial score (nSPS) is 15.7. The first-order chi connectivity index (χ1) is 15.3. The van der Waals surface area contributed by atoms with E-state index in [1.54, 1.807) is 36.4 Å². The molecule has 6 nitrogen and oxygen atoms in total. The van der Waals surface area contributed by atoms with Crippen molar-refractivity contribution in [1.82, 2.24) is 4.90 Å². The molecule has 0 spiro atoms. The molecule has 1 aliphatic rings. The van der Waals surface area contributed by atoms with Crippen molar-refractivity contribution in [2.45, 2.75) is 19.0 Å². The van der Waals surface area contributed by atoms with Gasteiger partial charge in [0.25, 0.3) is 5.91 Å². The number of nitrogens with one attached hydrogen (secondary N) is 1. The number of aromatic carboxylic acids is 1. The van der Waals surface area contributed by atoms with Gasteiger partial charge in [-0.25, -0.2) is 9.18 Å². The second-order valence-corrected chi connectivity index (χ2v) is 7.90. The van der Waals surface area contributed by atoms with Crippen molar-refractivity contribution in [3.8, 4) is 0 Å². The monoisotopic (exact) mass is 452 g/mol. The van der Waals surface area contributed by atoms with Gasteiger partial charge in [0.1, 0.15) is 11.9 Å². The van der Waals surface area contributed by atoms with Crippen LogP contribution in [0.25, 0.3) is 0 Å². The third-order valence-corrected chi connectivity index (χ3v) is 5.54. The van der Waals surface area contributed by atoms with Gasteiger partial charge in [-0.1, -0.05) is 35.9 Å². The summed E-state index contributed by atoms with van der Waals surface area (Å²) in [6, 6.07) is 15.6. The van der Waals surface area contributed by atoms with Gasteiger partial charge in [-0.05, 0) is 53.6 Å². The van der Waals surface area contributed by atoms with E-state index in [0.717, 1.165) is 0 Å². The number of carboxylic acid groups (broad SMARTS) is 1. The second kappa shape index (κ2) is 8.80. The summed E-state index contributed by atoms with van der Waals surface area (Å²) in [6.45, 7) is 0.0834. The number of anilines is 1. The molecule has 1 aliphatic heterocycles. The molecule has 2 amide bonds. The number of fused-ring (bicyclic) bond motifs is 1. The van der Waals surface area contributed by atoms with Crippen LogP contribution < -0.4 is 5.32 Å². The zero-order valence-corrected chi connectivity index (χ0v) is 17.5. The molecule has 0 aliphatic carbocycles. The first-order valence-electron chi connectivity index (χ1n) is 9.80. The molecule has 1 heterocycles. The van der Waals surface area contributed by atoms with E-state index in [1.807, 2.05) is 0 Å². The summed E-state index contributed by atoms with van der Waals surface area (Å²) in [4.78, 5) is 39.2. The highest BCUT2D eigenvalue weighted by molar-refractivity contribution is 6.31. The Morgan fingerprint density at radius 3 is 2.31 bits per heavy atom. The molecule has 3 aromatic rings. The Bertz CT molecular complexity index is 1200. The van der Waals surface area contributed by atoms with Gasteiger partial charge in [-0.3, -0.25) is 9.59 Å². The minimum Gasteiger partial charge on any atom is -0.478 e. The Kier molecular flexibility index (Phi) is 5.92. The summed E-state index contributed by atoms with van der Waals surface area (Å²) >= 11 is 6.05. The third-order valence-electron chi connectivity index (χ3n) is 5.31. The molecule has 0 fully saturated rings. The average molecular weight is 453 g/mol. The highest BCUT2D eigenvalue weighted by Crippen LogP contribution is 2.29. The van der Waals surface area contributed by atoms with Crippen molar-refractivity contribution < 1.29 is 23.9 Å². The highest BCUT2D eigenvalue weighted by Gasteiger charge is 2.35. The van der Waals surface area contributed by atoms with E-state index in [0.29, 0.717) is 27.4 Å². The number of nitrogens with zero attached hydrogens (tertiary/aromatic N) is 1.